The second-order valence-corrected chi connectivity index (χ2v) is 9.86. The van der Waals surface area contributed by atoms with Crippen molar-refractivity contribution in [3.05, 3.63) is 116 Å². The minimum Gasteiger partial charge on any atom is -0.462 e. The van der Waals surface area contributed by atoms with Crippen LogP contribution in [-0.4, -0.2) is 28.1 Å². The van der Waals surface area contributed by atoms with Crippen molar-refractivity contribution >= 4 is 34.6 Å². The van der Waals surface area contributed by atoms with Crippen molar-refractivity contribution in [3.8, 4) is 10.4 Å². The molecule has 0 aliphatic rings. The van der Waals surface area contributed by atoms with E-state index >= 15 is 4.39 Å². The monoisotopic (exact) mass is 538 g/mol. The third kappa shape index (κ3) is 5.98. The van der Waals surface area contributed by atoms with Gasteiger partial charge >= 0.3 is 5.97 Å². The van der Waals surface area contributed by atoms with Crippen LogP contribution in [0.1, 0.15) is 45.6 Å². The van der Waals surface area contributed by atoms with Crippen LogP contribution in [0.25, 0.3) is 10.4 Å². The molecule has 1 N–H and O–H groups in total. The van der Waals surface area contributed by atoms with Crippen LogP contribution < -0.4 is 5.56 Å². The maximum atomic E-state index is 15.1. The van der Waals surface area contributed by atoms with Crippen molar-refractivity contribution < 1.29 is 19.1 Å². The van der Waals surface area contributed by atoms with Gasteiger partial charge < -0.3 is 14.5 Å². The molecule has 4 rings (SSSR count). The molecule has 0 aliphatic heterocycles. The quantitative estimate of drug-likeness (QED) is 0.120. The van der Waals surface area contributed by atoms with Gasteiger partial charge in [-0.2, -0.15) is 0 Å². The van der Waals surface area contributed by atoms with Gasteiger partial charge in [-0.15, -0.1) is 11.3 Å². The topological polar surface area (TPSA) is 80.9 Å². The molecule has 0 radical (unpaired) electrons. The minimum absolute atomic E-state index is 0.165. The summed E-state index contributed by atoms with van der Waals surface area (Å²) in [6, 6.07) is 18.6. The number of rotatable bonds is 8. The molecule has 2 heterocycles. The van der Waals surface area contributed by atoms with Crippen molar-refractivity contribution in [1.29, 1.82) is 0 Å². The van der Waals surface area contributed by atoms with Gasteiger partial charge in [0.05, 0.1) is 12.3 Å². The number of benzene rings is 2. The molecule has 0 saturated carbocycles. The average Bonchev–Trinajstić information content (AvgIpc) is 3.38. The highest BCUT2D eigenvalue weighted by molar-refractivity contribution is 7.17. The van der Waals surface area contributed by atoms with E-state index in [-0.39, 0.29) is 23.0 Å². The van der Waals surface area contributed by atoms with Gasteiger partial charge in [0.1, 0.15) is 10.7 Å². The zero-order valence-corrected chi connectivity index (χ0v) is 21.7. The summed E-state index contributed by atoms with van der Waals surface area (Å²) in [5.41, 5.74) is 2.73. The van der Waals surface area contributed by atoms with Gasteiger partial charge in [-0.25, -0.2) is 9.18 Å². The summed E-state index contributed by atoms with van der Waals surface area (Å²) in [4.78, 5) is 25.3. The predicted molar refractivity (Wildman–Crippen MR) is 144 cm³/mol. The smallest absolute Gasteiger partial charge is 0.348 e. The number of pyridine rings is 1. The number of halogens is 2. The molecule has 6 nitrogen and oxygen atoms in total. The van der Waals surface area contributed by atoms with E-state index in [0.29, 0.717) is 28.3 Å². The van der Waals surface area contributed by atoms with E-state index in [1.54, 1.807) is 44.4 Å². The van der Waals surface area contributed by atoms with Gasteiger partial charge in [-0.1, -0.05) is 47.1 Å². The highest BCUT2D eigenvalue weighted by Gasteiger charge is 2.23. The van der Waals surface area contributed by atoms with Crippen molar-refractivity contribution in [1.82, 2.24) is 4.57 Å². The lowest BCUT2D eigenvalue weighted by molar-refractivity contribution is 0.0532. The summed E-state index contributed by atoms with van der Waals surface area (Å²) in [5.74, 6) is -1.34. The zero-order valence-electron chi connectivity index (χ0n) is 20.2. The molecule has 0 bridgehead atoms. The van der Waals surface area contributed by atoms with Crippen LogP contribution in [0.5, 0.6) is 0 Å². The van der Waals surface area contributed by atoms with Gasteiger partial charge in [0.25, 0.3) is 0 Å². The molecular weight excluding hydrogens is 515 g/mol. The molecule has 190 valence electrons. The summed E-state index contributed by atoms with van der Waals surface area (Å²) >= 11 is 7.33. The lowest BCUT2D eigenvalue weighted by Gasteiger charge is -2.20. The van der Waals surface area contributed by atoms with E-state index < -0.39 is 11.7 Å². The molecule has 2 aromatic carbocycles. The van der Waals surface area contributed by atoms with Gasteiger partial charge in [-0.3, -0.25) is 4.79 Å². The standard InChI is InChI=1S/C28H24ClFN2O4S/c1-3-36-28(34)26-12-11-25(37-26)18-6-4-17(5-7-18)22(21-10-9-20(29)14-23(21)30)15-24(31-35)19-8-13-27(33)32(2)16-19/h4-14,16,22,35H,3,15H2,1-2H3/b31-24+/t22-/m0/s1. The third-order valence-corrected chi connectivity index (χ3v) is 7.30. The van der Waals surface area contributed by atoms with Crippen LogP contribution >= 0.6 is 22.9 Å². The zero-order chi connectivity index (χ0) is 26.5. The highest BCUT2D eigenvalue weighted by atomic mass is 35.5. The van der Waals surface area contributed by atoms with Crippen LogP contribution in [0.4, 0.5) is 4.39 Å². The fraction of sp³-hybridized carbons (Fsp3) is 0.179. The van der Waals surface area contributed by atoms with E-state index in [2.05, 4.69) is 5.16 Å². The summed E-state index contributed by atoms with van der Waals surface area (Å²) in [7, 11) is 1.60. The largest absolute Gasteiger partial charge is 0.462 e. The normalized spacial score (nSPS) is 12.4. The molecule has 0 unspecified atom stereocenters. The number of hydrogen-bond donors (Lipinski definition) is 1. The molecule has 9 heteroatoms. The van der Waals surface area contributed by atoms with Crippen molar-refractivity contribution in [3.63, 3.8) is 0 Å². The molecule has 0 saturated heterocycles. The first-order valence-corrected chi connectivity index (χ1v) is 12.7. The molecular formula is C28H24ClFN2O4S. The predicted octanol–water partition coefficient (Wildman–Crippen LogP) is 6.48. The van der Waals surface area contributed by atoms with Crippen LogP contribution in [0.15, 0.2) is 82.9 Å². The molecule has 0 aliphatic carbocycles. The number of carbonyl (C=O) groups excluding carboxylic acids is 1. The number of hydrogen-bond acceptors (Lipinski definition) is 6. The number of aromatic nitrogens is 1. The Balaban J connectivity index is 1.70. The molecule has 2 aromatic heterocycles. The third-order valence-electron chi connectivity index (χ3n) is 5.96. The summed E-state index contributed by atoms with van der Waals surface area (Å²) in [6.45, 7) is 2.07. The Kier molecular flexibility index (Phi) is 8.21. The number of carbonyl (C=O) groups is 1. The number of oxime groups is 1. The van der Waals surface area contributed by atoms with Crippen LogP contribution in [-0.2, 0) is 11.8 Å². The fourth-order valence-corrected chi connectivity index (χ4v) is 5.11. The van der Waals surface area contributed by atoms with Crippen LogP contribution in [0.2, 0.25) is 5.02 Å². The van der Waals surface area contributed by atoms with E-state index in [9.17, 15) is 14.8 Å². The maximum absolute atomic E-state index is 15.1. The highest BCUT2D eigenvalue weighted by Crippen LogP contribution is 2.35. The Morgan fingerprint density at radius 3 is 2.54 bits per heavy atom. The second-order valence-electron chi connectivity index (χ2n) is 8.34. The minimum atomic E-state index is -0.507. The number of ether oxygens (including phenoxy) is 1. The lowest BCUT2D eigenvalue weighted by atomic mass is 9.85. The van der Waals surface area contributed by atoms with Crippen LogP contribution in [0, 0.1) is 5.82 Å². The first kappa shape index (κ1) is 26.3. The molecule has 0 amide bonds. The summed E-state index contributed by atoms with van der Waals surface area (Å²) < 4.78 is 21.5. The molecule has 37 heavy (non-hydrogen) atoms. The lowest BCUT2D eigenvalue weighted by Crippen LogP contribution is -2.18. The SMILES string of the molecule is CCOC(=O)c1ccc(-c2ccc([C@H](C/C(=N\O)c3ccc(=O)n(C)c3)c3ccc(Cl)cc3F)cc2)s1. The molecule has 1 atom stereocenters. The second kappa shape index (κ2) is 11.5. The number of nitrogens with zero attached hydrogens (tertiary/aromatic N) is 2. The van der Waals surface area contributed by atoms with Gasteiger partial charge in [0.15, 0.2) is 0 Å². The Bertz CT molecular complexity index is 1510. The average molecular weight is 539 g/mol. The molecule has 0 spiro atoms. The molecule has 4 aromatic rings. The Morgan fingerprint density at radius 1 is 1.14 bits per heavy atom. The maximum Gasteiger partial charge on any atom is 0.348 e. The van der Waals surface area contributed by atoms with Crippen molar-refractivity contribution in [2.45, 2.75) is 19.3 Å². The number of aryl methyl sites for hydroxylation is 1. The van der Waals surface area contributed by atoms with E-state index in [1.807, 2.05) is 30.3 Å². The first-order chi connectivity index (χ1) is 17.8. The van der Waals surface area contributed by atoms with Gasteiger partial charge in [-0.05, 0) is 53.9 Å². The van der Waals surface area contributed by atoms with E-state index in [4.69, 9.17) is 16.3 Å². The Morgan fingerprint density at radius 2 is 1.89 bits per heavy atom. The van der Waals surface area contributed by atoms with Crippen molar-refractivity contribution in [2.75, 3.05) is 6.61 Å². The summed E-state index contributed by atoms with van der Waals surface area (Å²) in [6.07, 6.45) is 1.74. The van der Waals surface area contributed by atoms with E-state index in [1.165, 1.54) is 28.0 Å². The fourth-order valence-electron chi connectivity index (χ4n) is 4.05. The number of esters is 1. The first-order valence-electron chi connectivity index (χ1n) is 11.5. The van der Waals surface area contributed by atoms with Crippen LogP contribution in [0.3, 0.4) is 0 Å². The number of thiophene rings is 1. The van der Waals surface area contributed by atoms with Crippen molar-refractivity contribution in [2.24, 2.45) is 12.2 Å². The summed E-state index contributed by atoms with van der Waals surface area (Å²) in [5, 5.41) is 13.6. The van der Waals surface area contributed by atoms with Gasteiger partial charge in [0.2, 0.25) is 5.56 Å². The Hall–Kier alpha value is -3.75. The van der Waals surface area contributed by atoms with Gasteiger partial charge in [0, 0.05) is 47.1 Å². The molecule has 0 fully saturated rings. The Labute approximate surface area is 222 Å². The van der Waals surface area contributed by atoms with E-state index in [0.717, 1.165) is 16.0 Å².